The lowest BCUT2D eigenvalue weighted by Crippen LogP contribution is -2.16. The van der Waals surface area contributed by atoms with E-state index in [9.17, 15) is 13.0 Å². The summed E-state index contributed by atoms with van der Waals surface area (Å²) in [6.45, 7) is 4.45. The van der Waals surface area contributed by atoms with Gasteiger partial charge in [-0.05, 0) is 41.5 Å². The Morgan fingerprint density at radius 1 is 0.941 bits per heavy atom. The van der Waals surface area contributed by atoms with E-state index < -0.39 is 10.1 Å². The third kappa shape index (κ3) is 4.28. The summed E-state index contributed by atoms with van der Waals surface area (Å²) in [5.41, 5.74) is 4.09. The monoisotopic (exact) mass is 508 g/mol. The zero-order chi connectivity index (χ0) is 23.9. The van der Waals surface area contributed by atoms with Crippen LogP contribution in [0.4, 0.5) is 0 Å². The van der Waals surface area contributed by atoms with Gasteiger partial charge in [0.2, 0.25) is 9.60 Å². The van der Waals surface area contributed by atoms with E-state index in [1.54, 1.807) is 17.4 Å². The molecule has 0 atom stereocenters. The number of thiazole rings is 2. The van der Waals surface area contributed by atoms with Crippen molar-refractivity contribution in [1.82, 2.24) is 9.13 Å². The van der Waals surface area contributed by atoms with E-state index in [1.165, 1.54) is 23.5 Å². The predicted octanol–water partition coefficient (Wildman–Crippen LogP) is 4.61. The first-order valence-electron chi connectivity index (χ1n) is 10.3. The van der Waals surface area contributed by atoms with Crippen molar-refractivity contribution in [2.45, 2.75) is 11.4 Å². The van der Waals surface area contributed by atoms with E-state index in [-0.39, 0.29) is 4.90 Å². The van der Waals surface area contributed by atoms with Gasteiger partial charge in [0, 0.05) is 7.05 Å². The normalized spacial score (nSPS) is 13.2. The van der Waals surface area contributed by atoms with Crippen LogP contribution in [0.2, 0.25) is 0 Å². The van der Waals surface area contributed by atoms with Gasteiger partial charge in [0.1, 0.15) is 0 Å². The molecule has 5 aromatic rings. The molecule has 0 saturated carbocycles. The van der Waals surface area contributed by atoms with E-state index in [1.807, 2.05) is 42.0 Å². The molecule has 3 aromatic carbocycles. The zero-order valence-electron chi connectivity index (χ0n) is 18.1. The first-order chi connectivity index (χ1) is 16.3. The second-order valence-corrected chi connectivity index (χ2v) is 11.1. The van der Waals surface area contributed by atoms with Gasteiger partial charge in [0.05, 0.1) is 31.9 Å². The summed E-state index contributed by atoms with van der Waals surface area (Å²) < 4.78 is 38.1. The smallest absolute Gasteiger partial charge is 0.294 e. The lowest BCUT2D eigenvalue weighted by molar-refractivity contribution is 0.483. The molecule has 2 heterocycles. The fraction of sp³-hybridized carbons (Fsp3) is 0.0833. The van der Waals surface area contributed by atoms with Crippen LogP contribution in [0.3, 0.4) is 0 Å². The van der Waals surface area contributed by atoms with Gasteiger partial charge < -0.3 is 9.13 Å². The van der Waals surface area contributed by atoms with Crippen molar-refractivity contribution < 1.29 is 13.0 Å². The van der Waals surface area contributed by atoms with Crippen LogP contribution in [0.5, 0.6) is 0 Å². The summed E-state index contributed by atoms with van der Waals surface area (Å²) in [5.74, 6) is 0. The van der Waals surface area contributed by atoms with Crippen LogP contribution < -0.4 is 9.60 Å². The maximum Gasteiger partial charge on any atom is 0.294 e. The first kappa shape index (κ1) is 22.5. The van der Waals surface area contributed by atoms with E-state index >= 15 is 0 Å². The third-order valence-corrected chi connectivity index (χ3v) is 8.43. The second-order valence-electron chi connectivity index (χ2n) is 7.63. The summed E-state index contributed by atoms with van der Waals surface area (Å²) in [6, 6.07) is 20.9. The number of hydrogen-bond acceptors (Lipinski definition) is 6. The van der Waals surface area contributed by atoms with Crippen molar-refractivity contribution in [1.29, 1.82) is 0 Å². The minimum absolute atomic E-state index is 0.143. The Labute approximate surface area is 203 Å². The molecule has 0 radical (unpaired) electrons. The Morgan fingerprint density at radius 2 is 1.65 bits per heavy atom. The Balaban J connectivity index is 1.64. The quantitative estimate of drug-likeness (QED) is 0.278. The maximum absolute atomic E-state index is 11.5. The summed E-state index contributed by atoms with van der Waals surface area (Å²) in [7, 11) is -2.42. The van der Waals surface area contributed by atoms with Gasteiger partial charge in [-0.15, -0.1) is 10.2 Å². The number of nitrogens with zero attached hydrogens (tertiary/aromatic N) is 4. The Bertz CT molecular complexity index is 1790. The number of aryl methyl sites for hydroxylation is 1. The molecule has 0 saturated heterocycles. The second kappa shape index (κ2) is 8.80. The molecule has 0 unspecified atom stereocenters. The molecule has 0 amide bonds. The fourth-order valence-corrected chi connectivity index (χ4v) is 6.22. The van der Waals surface area contributed by atoms with Crippen LogP contribution in [0.15, 0.2) is 88.4 Å². The molecular formula is C24H20N4O3S3. The Kier molecular flexibility index (Phi) is 5.82. The van der Waals surface area contributed by atoms with Crippen molar-refractivity contribution >= 4 is 59.3 Å². The van der Waals surface area contributed by atoms with Crippen LogP contribution in [0.25, 0.3) is 26.5 Å². The van der Waals surface area contributed by atoms with Gasteiger partial charge in [-0.2, -0.15) is 8.42 Å². The third-order valence-electron chi connectivity index (χ3n) is 5.44. The van der Waals surface area contributed by atoms with Gasteiger partial charge in [-0.25, -0.2) is 0 Å². The highest BCUT2D eigenvalue weighted by molar-refractivity contribution is 7.85. The SMILES string of the molecule is C=Cc1ccc(Cn2/c(=N\N=c3\sc4cc(S(=O)(=O)O)ccc4n3C)sc3ccccc32)cc1. The zero-order valence-corrected chi connectivity index (χ0v) is 20.6. The van der Waals surface area contributed by atoms with Gasteiger partial charge in [0.15, 0.2) is 0 Å². The molecule has 7 nitrogen and oxygen atoms in total. The highest BCUT2D eigenvalue weighted by atomic mass is 32.2. The molecule has 172 valence electrons. The number of rotatable bonds is 5. The Hall–Kier alpha value is -3.31. The molecule has 2 aromatic heterocycles. The highest BCUT2D eigenvalue weighted by Gasteiger charge is 2.12. The summed E-state index contributed by atoms with van der Waals surface area (Å²) in [6.07, 6.45) is 1.82. The average Bonchev–Trinajstić information content (AvgIpc) is 3.34. The topological polar surface area (TPSA) is 88.9 Å². The van der Waals surface area contributed by atoms with Gasteiger partial charge in [0.25, 0.3) is 10.1 Å². The molecule has 0 aliphatic heterocycles. The number of fused-ring (bicyclic) bond motifs is 2. The summed E-state index contributed by atoms with van der Waals surface area (Å²) >= 11 is 2.87. The van der Waals surface area contributed by atoms with Crippen LogP contribution in [-0.2, 0) is 23.7 Å². The molecular weight excluding hydrogens is 488 g/mol. The maximum atomic E-state index is 11.5. The molecule has 34 heavy (non-hydrogen) atoms. The molecule has 0 fully saturated rings. The number of benzene rings is 3. The Morgan fingerprint density at radius 3 is 2.38 bits per heavy atom. The van der Waals surface area contributed by atoms with Crippen LogP contribution >= 0.6 is 22.7 Å². The van der Waals surface area contributed by atoms with Gasteiger partial charge in [-0.1, -0.05) is 71.7 Å². The van der Waals surface area contributed by atoms with E-state index in [0.29, 0.717) is 16.0 Å². The van der Waals surface area contributed by atoms with Gasteiger partial charge in [-0.3, -0.25) is 4.55 Å². The van der Waals surface area contributed by atoms with Crippen LogP contribution in [-0.4, -0.2) is 22.1 Å². The number of hydrogen-bond donors (Lipinski definition) is 1. The molecule has 0 spiro atoms. The lowest BCUT2D eigenvalue weighted by Gasteiger charge is -2.06. The predicted molar refractivity (Wildman–Crippen MR) is 137 cm³/mol. The van der Waals surface area contributed by atoms with E-state index in [2.05, 4.69) is 45.6 Å². The number of aromatic nitrogens is 2. The van der Waals surface area contributed by atoms with E-state index in [4.69, 9.17) is 0 Å². The van der Waals surface area contributed by atoms with Crippen molar-refractivity contribution in [2.24, 2.45) is 17.3 Å². The van der Waals surface area contributed by atoms with Crippen molar-refractivity contribution in [3.63, 3.8) is 0 Å². The van der Waals surface area contributed by atoms with Crippen molar-refractivity contribution in [3.05, 3.63) is 94.0 Å². The highest BCUT2D eigenvalue weighted by Crippen LogP contribution is 2.21. The van der Waals surface area contributed by atoms with Gasteiger partial charge >= 0.3 is 0 Å². The fourth-order valence-electron chi connectivity index (χ4n) is 3.65. The lowest BCUT2D eigenvalue weighted by atomic mass is 10.1. The van der Waals surface area contributed by atoms with Crippen molar-refractivity contribution in [2.75, 3.05) is 0 Å². The minimum atomic E-state index is -4.27. The molecule has 0 aliphatic rings. The largest absolute Gasteiger partial charge is 0.318 e. The molecule has 1 N–H and O–H groups in total. The van der Waals surface area contributed by atoms with Crippen LogP contribution in [0.1, 0.15) is 11.1 Å². The minimum Gasteiger partial charge on any atom is -0.318 e. The summed E-state index contributed by atoms with van der Waals surface area (Å²) in [4.78, 5) is 1.22. The molecule has 0 bridgehead atoms. The van der Waals surface area contributed by atoms with Crippen LogP contribution in [0, 0.1) is 0 Å². The van der Waals surface area contributed by atoms with Crippen molar-refractivity contribution in [3.8, 4) is 0 Å². The van der Waals surface area contributed by atoms with E-state index in [0.717, 1.165) is 31.7 Å². The summed E-state index contributed by atoms with van der Waals surface area (Å²) in [5, 5.41) is 9.08. The molecule has 5 rings (SSSR count). The molecule has 10 heteroatoms. The first-order valence-corrected chi connectivity index (χ1v) is 13.4. The standard InChI is InChI=1S/C24H20N4O3S3/c1-3-16-8-10-17(11-9-16)15-28-20-6-4-5-7-21(20)32-24(28)26-25-23-27(2)19-13-12-18(34(29,30)31)14-22(19)33-23/h3-14H,1,15H2,2H3,(H,29,30,31)/b25-23+,26-24+. The molecule has 0 aliphatic carbocycles. The average molecular weight is 509 g/mol. The number of para-hydroxylation sites is 1.